The van der Waals surface area contributed by atoms with Crippen LogP contribution in [0.2, 0.25) is 0 Å². The Balaban J connectivity index is 2.07. The zero-order valence-corrected chi connectivity index (χ0v) is 11.3. The van der Waals surface area contributed by atoms with Gasteiger partial charge in [0.2, 0.25) is 0 Å². The third-order valence-electron chi connectivity index (χ3n) is 3.02. The normalized spacial score (nSPS) is 16.9. The number of hydrogen-bond acceptors (Lipinski definition) is 5. The molecule has 1 aliphatic heterocycles. The van der Waals surface area contributed by atoms with E-state index in [1.54, 1.807) is 7.11 Å². The van der Waals surface area contributed by atoms with Gasteiger partial charge in [-0.25, -0.2) is 9.78 Å². The predicted octanol–water partition coefficient (Wildman–Crippen LogP) is 1.97. The highest BCUT2D eigenvalue weighted by Crippen LogP contribution is 2.22. The second-order valence-corrected chi connectivity index (χ2v) is 5.54. The number of aromatic carboxylic acids is 1. The fraction of sp³-hybridized carbons (Fsp3) is 0.667. The molecule has 2 rings (SSSR count). The van der Waals surface area contributed by atoms with E-state index in [1.807, 2.05) is 0 Å². The van der Waals surface area contributed by atoms with Gasteiger partial charge in [0.15, 0.2) is 0 Å². The number of rotatable bonds is 5. The SMILES string of the molecule is COCc1nc(CN2CCCCC2)sc1C(=O)O. The van der Waals surface area contributed by atoms with Gasteiger partial charge in [-0.15, -0.1) is 11.3 Å². The topological polar surface area (TPSA) is 62.7 Å². The van der Waals surface area contributed by atoms with Crippen molar-refractivity contribution in [3.05, 3.63) is 15.6 Å². The maximum absolute atomic E-state index is 11.1. The van der Waals surface area contributed by atoms with Gasteiger partial charge < -0.3 is 9.84 Å². The van der Waals surface area contributed by atoms with Gasteiger partial charge in [0.25, 0.3) is 0 Å². The standard InChI is InChI=1S/C12H18N2O3S/c1-17-8-9-11(12(15)16)18-10(13-9)7-14-5-3-2-4-6-14/h2-8H2,1H3,(H,15,16). The zero-order chi connectivity index (χ0) is 13.0. The van der Waals surface area contributed by atoms with E-state index in [0.29, 0.717) is 10.6 Å². The van der Waals surface area contributed by atoms with Crippen molar-refractivity contribution in [1.29, 1.82) is 0 Å². The molecule has 1 aromatic rings. The first-order chi connectivity index (χ1) is 8.70. The van der Waals surface area contributed by atoms with Crippen molar-refractivity contribution in [2.45, 2.75) is 32.4 Å². The zero-order valence-electron chi connectivity index (χ0n) is 10.5. The Morgan fingerprint density at radius 3 is 2.78 bits per heavy atom. The predicted molar refractivity (Wildman–Crippen MR) is 68.9 cm³/mol. The Bertz CT molecular complexity index is 413. The molecule has 5 nitrogen and oxygen atoms in total. The molecule has 1 fully saturated rings. The van der Waals surface area contributed by atoms with Crippen LogP contribution in [0.3, 0.4) is 0 Å². The summed E-state index contributed by atoms with van der Waals surface area (Å²) in [7, 11) is 1.55. The van der Waals surface area contributed by atoms with Gasteiger partial charge in [-0.05, 0) is 25.9 Å². The van der Waals surface area contributed by atoms with Gasteiger partial charge in [0.05, 0.1) is 18.8 Å². The van der Waals surface area contributed by atoms with Gasteiger partial charge in [0.1, 0.15) is 9.88 Å². The van der Waals surface area contributed by atoms with Gasteiger partial charge in [-0.1, -0.05) is 6.42 Å². The lowest BCUT2D eigenvalue weighted by Gasteiger charge is -2.25. The van der Waals surface area contributed by atoms with Crippen LogP contribution in [-0.4, -0.2) is 41.2 Å². The number of carboxylic acid groups (broad SMARTS) is 1. The van der Waals surface area contributed by atoms with Gasteiger partial charge in [-0.3, -0.25) is 4.90 Å². The lowest BCUT2D eigenvalue weighted by atomic mass is 10.1. The summed E-state index contributed by atoms with van der Waals surface area (Å²) in [6, 6.07) is 0. The van der Waals surface area contributed by atoms with E-state index >= 15 is 0 Å². The Labute approximate surface area is 110 Å². The minimum atomic E-state index is -0.913. The van der Waals surface area contributed by atoms with Crippen LogP contribution in [0.25, 0.3) is 0 Å². The second kappa shape index (κ2) is 6.26. The number of thiazole rings is 1. The van der Waals surface area contributed by atoms with Crippen LogP contribution in [0.15, 0.2) is 0 Å². The molecule has 0 aliphatic carbocycles. The van der Waals surface area contributed by atoms with E-state index in [4.69, 9.17) is 9.84 Å². The number of methoxy groups -OCH3 is 1. The molecule has 0 unspecified atom stereocenters. The molecule has 2 heterocycles. The number of carbonyl (C=O) groups is 1. The summed E-state index contributed by atoms with van der Waals surface area (Å²) in [6.45, 7) is 3.19. The number of nitrogens with zero attached hydrogens (tertiary/aromatic N) is 2. The van der Waals surface area contributed by atoms with E-state index in [9.17, 15) is 4.79 Å². The first kappa shape index (κ1) is 13.5. The number of ether oxygens (including phenoxy) is 1. The molecule has 100 valence electrons. The fourth-order valence-corrected chi connectivity index (χ4v) is 3.13. The van der Waals surface area contributed by atoms with Crippen LogP contribution in [0.1, 0.15) is 39.6 Å². The second-order valence-electron chi connectivity index (χ2n) is 4.46. The molecule has 1 saturated heterocycles. The highest BCUT2D eigenvalue weighted by Gasteiger charge is 2.19. The molecule has 0 aromatic carbocycles. The minimum absolute atomic E-state index is 0.262. The van der Waals surface area contributed by atoms with Gasteiger partial charge in [-0.2, -0.15) is 0 Å². The highest BCUT2D eigenvalue weighted by atomic mass is 32.1. The quantitative estimate of drug-likeness (QED) is 0.886. The monoisotopic (exact) mass is 270 g/mol. The Morgan fingerprint density at radius 2 is 2.17 bits per heavy atom. The molecular formula is C12H18N2O3S. The molecule has 0 radical (unpaired) electrons. The lowest BCUT2D eigenvalue weighted by molar-refractivity contribution is 0.0697. The number of carboxylic acids is 1. The molecular weight excluding hydrogens is 252 g/mol. The third-order valence-corrected chi connectivity index (χ3v) is 4.09. The van der Waals surface area contributed by atoms with Crippen molar-refractivity contribution in [3.8, 4) is 0 Å². The number of piperidine rings is 1. The van der Waals surface area contributed by atoms with E-state index in [-0.39, 0.29) is 6.61 Å². The maximum Gasteiger partial charge on any atom is 0.347 e. The van der Waals surface area contributed by atoms with Gasteiger partial charge >= 0.3 is 5.97 Å². The molecule has 0 bridgehead atoms. The lowest BCUT2D eigenvalue weighted by Crippen LogP contribution is -2.29. The summed E-state index contributed by atoms with van der Waals surface area (Å²) in [5.41, 5.74) is 0.544. The molecule has 0 saturated carbocycles. The summed E-state index contributed by atoms with van der Waals surface area (Å²) >= 11 is 1.27. The van der Waals surface area contributed by atoms with Crippen molar-refractivity contribution in [2.75, 3.05) is 20.2 Å². The summed E-state index contributed by atoms with van der Waals surface area (Å²) in [6.07, 6.45) is 3.74. The summed E-state index contributed by atoms with van der Waals surface area (Å²) in [4.78, 5) is 18.1. The average Bonchev–Trinajstić information content (AvgIpc) is 2.74. The molecule has 18 heavy (non-hydrogen) atoms. The van der Waals surface area contributed by atoms with Crippen molar-refractivity contribution in [1.82, 2.24) is 9.88 Å². The van der Waals surface area contributed by atoms with Crippen molar-refractivity contribution >= 4 is 17.3 Å². The van der Waals surface area contributed by atoms with Crippen LogP contribution >= 0.6 is 11.3 Å². The van der Waals surface area contributed by atoms with Gasteiger partial charge in [0, 0.05) is 7.11 Å². The first-order valence-electron chi connectivity index (χ1n) is 6.14. The average molecular weight is 270 g/mol. The van der Waals surface area contributed by atoms with Crippen LogP contribution in [0.4, 0.5) is 0 Å². The Kier molecular flexibility index (Phi) is 4.68. The van der Waals surface area contributed by atoms with Crippen molar-refractivity contribution in [3.63, 3.8) is 0 Å². The van der Waals surface area contributed by atoms with E-state index in [0.717, 1.165) is 24.6 Å². The molecule has 1 N–H and O–H groups in total. The molecule has 1 aromatic heterocycles. The third kappa shape index (κ3) is 3.28. The molecule has 0 atom stereocenters. The summed E-state index contributed by atoms with van der Waals surface area (Å²) < 4.78 is 4.99. The Hall–Kier alpha value is -0.980. The van der Waals surface area contributed by atoms with E-state index in [2.05, 4.69) is 9.88 Å². The molecule has 0 spiro atoms. The number of likely N-dealkylation sites (tertiary alicyclic amines) is 1. The van der Waals surface area contributed by atoms with Crippen LogP contribution < -0.4 is 0 Å². The number of hydrogen-bond donors (Lipinski definition) is 1. The summed E-state index contributed by atoms with van der Waals surface area (Å²) in [5.74, 6) is -0.913. The minimum Gasteiger partial charge on any atom is -0.477 e. The number of aromatic nitrogens is 1. The Morgan fingerprint density at radius 1 is 1.44 bits per heavy atom. The maximum atomic E-state index is 11.1. The first-order valence-corrected chi connectivity index (χ1v) is 6.95. The highest BCUT2D eigenvalue weighted by molar-refractivity contribution is 7.13. The smallest absolute Gasteiger partial charge is 0.347 e. The van der Waals surface area contributed by atoms with Crippen LogP contribution in [-0.2, 0) is 17.9 Å². The van der Waals surface area contributed by atoms with E-state index < -0.39 is 5.97 Å². The fourth-order valence-electron chi connectivity index (χ4n) is 2.18. The summed E-state index contributed by atoms with van der Waals surface area (Å²) in [5, 5.41) is 9.99. The van der Waals surface area contributed by atoms with Crippen LogP contribution in [0.5, 0.6) is 0 Å². The molecule has 6 heteroatoms. The van der Waals surface area contributed by atoms with E-state index in [1.165, 1.54) is 30.6 Å². The largest absolute Gasteiger partial charge is 0.477 e. The molecule has 1 aliphatic rings. The van der Waals surface area contributed by atoms with Crippen LogP contribution in [0, 0.1) is 0 Å². The van der Waals surface area contributed by atoms with Crippen molar-refractivity contribution in [2.24, 2.45) is 0 Å². The molecule has 0 amide bonds. The van der Waals surface area contributed by atoms with Crippen molar-refractivity contribution < 1.29 is 14.6 Å².